The number of hydrogen-bond donors (Lipinski definition) is 1. The van der Waals surface area contributed by atoms with Crippen LogP contribution in [0, 0.1) is 5.92 Å². The second-order valence-corrected chi connectivity index (χ2v) is 7.68. The van der Waals surface area contributed by atoms with Crippen molar-refractivity contribution in [1.29, 1.82) is 0 Å². The molecule has 0 amide bonds. The summed E-state index contributed by atoms with van der Waals surface area (Å²) in [6.45, 7) is 5.19. The van der Waals surface area contributed by atoms with Crippen LogP contribution in [0.5, 0.6) is 0 Å². The Hall–Kier alpha value is -0.650. The van der Waals surface area contributed by atoms with Crippen molar-refractivity contribution in [2.75, 3.05) is 25.4 Å². The molecule has 0 spiro atoms. The smallest absolute Gasteiger partial charge is 0.125 e. The van der Waals surface area contributed by atoms with E-state index in [0.29, 0.717) is 5.92 Å². The molecule has 0 aromatic carbocycles. The molecule has 1 aromatic rings. The van der Waals surface area contributed by atoms with Gasteiger partial charge in [0.15, 0.2) is 0 Å². The number of unbranched alkanes of at least 4 members (excludes halogenated alkanes) is 3. The van der Waals surface area contributed by atoms with Gasteiger partial charge >= 0.3 is 0 Å². The van der Waals surface area contributed by atoms with Gasteiger partial charge in [0, 0.05) is 18.9 Å². The molecule has 3 aliphatic heterocycles. The molecule has 1 atom stereocenters. The van der Waals surface area contributed by atoms with E-state index in [-0.39, 0.29) is 0 Å². The molecule has 5 heteroatoms. The van der Waals surface area contributed by atoms with Crippen LogP contribution in [0.15, 0.2) is 17.4 Å². The maximum absolute atomic E-state index is 11.3. The van der Waals surface area contributed by atoms with Crippen molar-refractivity contribution < 1.29 is 5.11 Å². The first-order chi connectivity index (χ1) is 10.7. The van der Waals surface area contributed by atoms with Gasteiger partial charge in [-0.25, -0.2) is 4.98 Å². The van der Waals surface area contributed by atoms with Crippen LogP contribution in [0.3, 0.4) is 0 Å². The largest absolute Gasteiger partial charge is 0.382 e. The maximum atomic E-state index is 11.3. The third-order valence-electron chi connectivity index (χ3n) is 5.04. The molecule has 1 aromatic heterocycles. The minimum atomic E-state index is -0.795. The summed E-state index contributed by atoms with van der Waals surface area (Å²) >= 11 is 1.76. The number of aliphatic hydroxyl groups is 1. The van der Waals surface area contributed by atoms with E-state index in [0.717, 1.165) is 48.9 Å². The number of hydrogen-bond acceptors (Lipinski definition) is 5. The molecule has 2 bridgehead atoms. The van der Waals surface area contributed by atoms with E-state index in [2.05, 4.69) is 21.8 Å². The van der Waals surface area contributed by atoms with E-state index in [9.17, 15) is 5.11 Å². The molecular weight excluding hydrogens is 294 g/mol. The van der Waals surface area contributed by atoms with Gasteiger partial charge in [-0.05, 0) is 44.0 Å². The molecule has 122 valence electrons. The first kappa shape index (κ1) is 16.2. The third-order valence-corrected chi connectivity index (χ3v) is 6.10. The van der Waals surface area contributed by atoms with Crippen LogP contribution in [0.2, 0.25) is 0 Å². The van der Waals surface area contributed by atoms with Gasteiger partial charge in [0.1, 0.15) is 16.3 Å². The Bertz CT molecular complexity index is 491. The summed E-state index contributed by atoms with van der Waals surface area (Å²) in [4.78, 5) is 11.4. The van der Waals surface area contributed by atoms with Gasteiger partial charge in [-0.2, -0.15) is 0 Å². The standard InChI is InChI=1S/C17H27N3OS/c1-2-3-4-5-12-22-16-15(18-8-9-19-16)17(21)13-20-10-6-14(17)7-11-20/h8-9,14,21H,2-7,10-13H2,1H3. The lowest BCUT2D eigenvalue weighted by molar-refractivity contribution is -0.122. The molecule has 3 fully saturated rings. The normalized spacial score (nSPS) is 30.6. The van der Waals surface area contributed by atoms with Crippen molar-refractivity contribution in [3.05, 3.63) is 18.1 Å². The van der Waals surface area contributed by atoms with Crippen molar-refractivity contribution in [2.24, 2.45) is 5.92 Å². The highest BCUT2D eigenvalue weighted by Gasteiger charge is 2.48. The average Bonchev–Trinajstić information content (AvgIpc) is 2.56. The van der Waals surface area contributed by atoms with E-state index in [4.69, 9.17) is 0 Å². The predicted octanol–water partition coefficient (Wildman–Crippen LogP) is 3.06. The zero-order chi connectivity index (χ0) is 15.4. The summed E-state index contributed by atoms with van der Waals surface area (Å²) in [5, 5.41) is 12.2. The summed E-state index contributed by atoms with van der Waals surface area (Å²) in [5.41, 5.74) is 0.0288. The monoisotopic (exact) mass is 321 g/mol. The fourth-order valence-electron chi connectivity index (χ4n) is 3.73. The van der Waals surface area contributed by atoms with E-state index in [1.807, 2.05) is 0 Å². The molecule has 1 N–H and O–H groups in total. The number of aromatic nitrogens is 2. The van der Waals surface area contributed by atoms with E-state index in [1.165, 1.54) is 25.7 Å². The van der Waals surface area contributed by atoms with Gasteiger partial charge in [-0.15, -0.1) is 11.8 Å². The number of piperidine rings is 3. The number of rotatable bonds is 7. The van der Waals surface area contributed by atoms with E-state index >= 15 is 0 Å². The van der Waals surface area contributed by atoms with Gasteiger partial charge in [0.2, 0.25) is 0 Å². The highest BCUT2D eigenvalue weighted by atomic mass is 32.2. The Labute approximate surface area is 137 Å². The minimum absolute atomic E-state index is 0.341. The zero-order valence-corrected chi connectivity index (χ0v) is 14.3. The number of fused-ring (bicyclic) bond motifs is 3. The second-order valence-electron chi connectivity index (χ2n) is 6.59. The zero-order valence-electron chi connectivity index (χ0n) is 13.5. The van der Waals surface area contributed by atoms with Crippen molar-refractivity contribution in [3.63, 3.8) is 0 Å². The van der Waals surface area contributed by atoms with Gasteiger partial charge in [0.25, 0.3) is 0 Å². The predicted molar refractivity (Wildman–Crippen MR) is 90.0 cm³/mol. The summed E-state index contributed by atoms with van der Waals surface area (Å²) in [7, 11) is 0. The fourth-order valence-corrected chi connectivity index (χ4v) is 4.78. The summed E-state index contributed by atoms with van der Waals surface area (Å²) < 4.78 is 0. The van der Waals surface area contributed by atoms with Crippen LogP contribution in [-0.2, 0) is 5.60 Å². The van der Waals surface area contributed by atoms with E-state index in [1.54, 1.807) is 24.2 Å². The molecule has 3 aliphatic rings. The van der Waals surface area contributed by atoms with Crippen LogP contribution in [0.25, 0.3) is 0 Å². The first-order valence-corrected chi connectivity index (χ1v) is 9.61. The Balaban J connectivity index is 1.71. The second kappa shape index (κ2) is 7.28. The number of thioether (sulfide) groups is 1. The number of nitrogens with zero attached hydrogens (tertiary/aromatic N) is 3. The highest BCUT2D eigenvalue weighted by Crippen LogP contribution is 2.43. The van der Waals surface area contributed by atoms with Crippen molar-refractivity contribution in [1.82, 2.24) is 14.9 Å². The Morgan fingerprint density at radius 3 is 2.68 bits per heavy atom. The fraction of sp³-hybridized carbons (Fsp3) is 0.765. The lowest BCUT2D eigenvalue weighted by Crippen LogP contribution is -2.57. The molecule has 3 saturated heterocycles. The van der Waals surface area contributed by atoms with Crippen LogP contribution in [0.4, 0.5) is 0 Å². The van der Waals surface area contributed by atoms with Crippen LogP contribution < -0.4 is 0 Å². The van der Waals surface area contributed by atoms with Gasteiger partial charge in [0.05, 0.1) is 0 Å². The molecule has 4 nitrogen and oxygen atoms in total. The third kappa shape index (κ3) is 3.31. The molecule has 0 radical (unpaired) electrons. The summed E-state index contributed by atoms with van der Waals surface area (Å²) in [6.07, 6.45) is 10.7. The molecule has 0 aliphatic carbocycles. The van der Waals surface area contributed by atoms with Crippen molar-refractivity contribution in [3.8, 4) is 0 Å². The van der Waals surface area contributed by atoms with Gasteiger partial charge in [-0.1, -0.05) is 26.2 Å². The molecular formula is C17H27N3OS. The lowest BCUT2D eigenvalue weighted by Gasteiger charge is -2.50. The average molecular weight is 321 g/mol. The maximum Gasteiger partial charge on any atom is 0.125 e. The van der Waals surface area contributed by atoms with Crippen LogP contribution in [-0.4, -0.2) is 45.4 Å². The SMILES string of the molecule is CCCCCCSc1nccnc1C1(O)CN2CCC1CC2. The molecule has 4 rings (SSSR count). The minimum Gasteiger partial charge on any atom is -0.382 e. The van der Waals surface area contributed by atoms with Crippen molar-refractivity contribution in [2.45, 2.75) is 56.1 Å². The van der Waals surface area contributed by atoms with E-state index < -0.39 is 5.60 Å². The Kier molecular flexibility index (Phi) is 5.37. The highest BCUT2D eigenvalue weighted by molar-refractivity contribution is 7.99. The quantitative estimate of drug-likeness (QED) is 0.618. The van der Waals surface area contributed by atoms with Crippen LogP contribution in [0.1, 0.15) is 51.1 Å². The Morgan fingerprint density at radius 2 is 2.00 bits per heavy atom. The molecule has 1 unspecified atom stereocenters. The summed E-state index contributed by atoms with van der Waals surface area (Å²) in [5.74, 6) is 1.41. The molecule has 4 heterocycles. The first-order valence-electron chi connectivity index (χ1n) is 8.63. The van der Waals surface area contributed by atoms with Gasteiger partial charge < -0.3 is 10.0 Å². The van der Waals surface area contributed by atoms with Gasteiger partial charge in [-0.3, -0.25) is 4.98 Å². The lowest BCUT2D eigenvalue weighted by atomic mass is 9.73. The van der Waals surface area contributed by atoms with Crippen LogP contribution >= 0.6 is 11.8 Å². The Morgan fingerprint density at radius 1 is 1.23 bits per heavy atom. The topological polar surface area (TPSA) is 49.3 Å². The summed E-state index contributed by atoms with van der Waals surface area (Å²) in [6, 6.07) is 0. The molecule has 0 saturated carbocycles. The van der Waals surface area contributed by atoms with Crippen molar-refractivity contribution >= 4 is 11.8 Å². The molecule has 22 heavy (non-hydrogen) atoms.